The molecule has 4 aromatic rings. The van der Waals surface area contributed by atoms with E-state index in [1.165, 1.54) is 24.2 Å². The van der Waals surface area contributed by atoms with E-state index in [-0.39, 0.29) is 5.91 Å². The first kappa shape index (κ1) is 27.6. The van der Waals surface area contributed by atoms with Crippen LogP contribution in [-0.2, 0) is 0 Å². The fourth-order valence-corrected chi connectivity index (χ4v) is 4.96. The molecule has 0 atom stereocenters. The summed E-state index contributed by atoms with van der Waals surface area (Å²) in [5.74, 6) is 6.33. The van der Waals surface area contributed by atoms with Gasteiger partial charge in [-0.25, -0.2) is 9.69 Å². The lowest BCUT2D eigenvalue weighted by Gasteiger charge is -2.26. The minimum Gasteiger partial charge on any atom is -0.464 e. The molecule has 1 fully saturated rings. The van der Waals surface area contributed by atoms with Crippen LogP contribution >= 0.6 is 0 Å². The average Bonchev–Trinajstić information content (AvgIpc) is 3.02. The number of carbonyl (C=O) groups is 2. The number of anilines is 2. The highest BCUT2D eigenvalue weighted by atomic mass is 16.4. The molecule has 1 aliphatic rings. The highest BCUT2D eigenvalue weighted by molar-refractivity contribution is 5.96. The number of carboxylic acid groups (broad SMARTS) is 1. The zero-order valence-corrected chi connectivity index (χ0v) is 22.8. The van der Waals surface area contributed by atoms with Crippen molar-refractivity contribution in [1.29, 1.82) is 0 Å². The van der Waals surface area contributed by atoms with E-state index in [2.05, 4.69) is 27.0 Å². The average molecular weight is 545 g/mol. The maximum absolute atomic E-state index is 12.6. The lowest BCUT2D eigenvalue weighted by atomic mass is 9.99. The van der Waals surface area contributed by atoms with E-state index in [1.54, 1.807) is 60.9 Å². The van der Waals surface area contributed by atoms with Crippen LogP contribution in [0.1, 0.15) is 40.7 Å². The Labute approximate surface area is 240 Å². The van der Waals surface area contributed by atoms with E-state index in [1.807, 2.05) is 36.4 Å². The fraction of sp³-hybridized carbons (Fsp3) is 0.206. The van der Waals surface area contributed by atoms with Gasteiger partial charge in [0.25, 0.3) is 5.91 Å². The second-order valence-electron chi connectivity index (χ2n) is 9.90. The third-order valence-corrected chi connectivity index (χ3v) is 7.11. The minimum absolute atomic E-state index is 0.0936. The van der Waals surface area contributed by atoms with Crippen molar-refractivity contribution in [2.24, 2.45) is 0 Å². The number of rotatable bonds is 7. The number of likely N-dealkylation sites (tertiary alicyclic amines) is 1. The van der Waals surface area contributed by atoms with Crippen molar-refractivity contribution in [3.63, 3.8) is 0 Å². The van der Waals surface area contributed by atoms with E-state index in [4.69, 9.17) is 0 Å². The highest BCUT2D eigenvalue weighted by Crippen LogP contribution is 2.31. The van der Waals surface area contributed by atoms with Gasteiger partial charge in [0.05, 0.1) is 11.4 Å². The van der Waals surface area contributed by atoms with Gasteiger partial charge >= 0.3 is 6.09 Å². The van der Waals surface area contributed by atoms with Crippen molar-refractivity contribution in [2.45, 2.75) is 19.3 Å². The number of para-hydroxylation sites is 1. The summed E-state index contributed by atoms with van der Waals surface area (Å²) in [4.78, 5) is 32.6. The van der Waals surface area contributed by atoms with E-state index in [0.29, 0.717) is 29.0 Å². The monoisotopic (exact) mass is 544 g/mol. The van der Waals surface area contributed by atoms with Crippen molar-refractivity contribution in [3.05, 3.63) is 114 Å². The molecule has 7 nitrogen and oxygen atoms in total. The first-order valence-corrected chi connectivity index (χ1v) is 13.8. The maximum Gasteiger partial charge on any atom is 0.416 e. The molecule has 41 heavy (non-hydrogen) atoms. The van der Waals surface area contributed by atoms with E-state index in [0.717, 1.165) is 36.3 Å². The second-order valence-corrected chi connectivity index (χ2v) is 9.90. The molecule has 3 aromatic carbocycles. The third-order valence-electron chi connectivity index (χ3n) is 7.11. The normalized spacial score (nSPS) is 13.1. The van der Waals surface area contributed by atoms with Gasteiger partial charge in [0.15, 0.2) is 0 Å². The Balaban J connectivity index is 1.37. The fourth-order valence-electron chi connectivity index (χ4n) is 4.96. The van der Waals surface area contributed by atoms with E-state index >= 15 is 0 Å². The number of nitrogens with one attached hydrogen (secondary N) is 1. The quantitative estimate of drug-likeness (QED) is 0.272. The topological polar surface area (TPSA) is 85.8 Å². The van der Waals surface area contributed by atoms with Crippen LogP contribution in [-0.4, -0.2) is 53.2 Å². The minimum atomic E-state index is -1.09. The molecule has 1 aromatic heterocycles. The van der Waals surface area contributed by atoms with Gasteiger partial charge in [0.2, 0.25) is 0 Å². The van der Waals surface area contributed by atoms with Crippen LogP contribution < -0.4 is 10.2 Å². The smallest absolute Gasteiger partial charge is 0.416 e. The van der Waals surface area contributed by atoms with Crippen molar-refractivity contribution < 1.29 is 14.7 Å². The Morgan fingerprint density at radius 1 is 0.854 bits per heavy atom. The van der Waals surface area contributed by atoms with Crippen LogP contribution in [0.15, 0.2) is 97.3 Å². The molecule has 0 spiro atoms. The summed E-state index contributed by atoms with van der Waals surface area (Å²) in [6, 6.07) is 25.4. The molecular formula is C34H32N4O3. The van der Waals surface area contributed by atoms with Crippen molar-refractivity contribution in [1.82, 2.24) is 15.2 Å². The molecule has 0 bridgehead atoms. The summed E-state index contributed by atoms with van der Waals surface area (Å²) in [6.07, 6.45) is 6.10. The van der Waals surface area contributed by atoms with E-state index < -0.39 is 6.09 Å². The summed E-state index contributed by atoms with van der Waals surface area (Å²) in [5, 5.41) is 13.0. The lowest BCUT2D eigenvalue weighted by molar-refractivity contribution is 0.0946. The number of hydrogen-bond donors (Lipinski definition) is 2. The predicted octanol–water partition coefficient (Wildman–Crippen LogP) is 6.18. The lowest BCUT2D eigenvalue weighted by Crippen LogP contribution is -2.37. The summed E-state index contributed by atoms with van der Waals surface area (Å²) >= 11 is 0. The van der Waals surface area contributed by atoms with Crippen LogP contribution in [0.2, 0.25) is 0 Å². The molecule has 2 heterocycles. The van der Waals surface area contributed by atoms with Crippen molar-refractivity contribution >= 4 is 23.4 Å². The first-order valence-electron chi connectivity index (χ1n) is 13.8. The molecule has 2 amide bonds. The largest absolute Gasteiger partial charge is 0.464 e. The van der Waals surface area contributed by atoms with E-state index in [9.17, 15) is 14.7 Å². The standard InChI is InChI=1S/C34H32N4O3/c39-33(36-21-24-37-22-5-2-6-23-37)28-12-9-26(10-13-28)11-14-29-25-31(15-16-32(29)27-17-19-35-20-18-27)38(34(40)41)30-7-3-1-4-8-30/h1,3-4,7-10,12-13,15-20,25H,2,5-6,21-24H2,(H,36,39)(H,40,41). The van der Waals surface area contributed by atoms with Gasteiger partial charge in [-0.3, -0.25) is 9.78 Å². The zero-order chi connectivity index (χ0) is 28.4. The number of benzene rings is 3. The van der Waals surface area contributed by atoms with Crippen molar-refractivity contribution in [3.8, 4) is 23.0 Å². The van der Waals surface area contributed by atoms with Gasteiger partial charge < -0.3 is 15.3 Å². The Kier molecular flexibility index (Phi) is 9.05. The van der Waals surface area contributed by atoms with Crippen molar-refractivity contribution in [2.75, 3.05) is 31.1 Å². The molecule has 1 saturated heterocycles. The van der Waals surface area contributed by atoms with Gasteiger partial charge in [-0.2, -0.15) is 0 Å². The molecule has 5 rings (SSSR count). The van der Waals surface area contributed by atoms with Crippen LogP contribution in [0.25, 0.3) is 11.1 Å². The number of piperidine rings is 1. The van der Waals surface area contributed by atoms with Gasteiger partial charge in [-0.1, -0.05) is 42.5 Å². The summed E-state index contributed by atoms with van der Waals surface area (Å²) in [5.41, 5.74) is 4.84. The van der Waals surface area contributed by atoms with Gasteiger partial charge in [0.1, 0.15) is 0 Å². The Morgan fingerprint density at radius 3 is 2.29 bits per heavy atom. The van der Waals surface area contributed by atoms with Crippen LogP contribution in [0, 0.1) is 11.8 Å². The molecule has 0 radical (unpaired) electrons. The number of amides is 2. The number of pyridine rings is 1. The molecule has 2 N–H and O–H groups in total. The zero-order valence-electron chi connectivity index (χ0n) is 22.8. The number of aromatic nitrogens is 1. The summed E-state index contributed by atoms with van der Waals surface area (Å²) < 4.78 is 0. The summed E-state index contributed by atoms with van der Waals surface area (Å²) in [6.45, 7) is 3.72. The number of carbonyl (C=O) groups excluding carboxylic acids is 1. The number of nitrogens with zero attached hydrogens (tertiary/aromatic N) is 3. The summed E-state index contributed by atoms with van der Waals surface area (Å²) in [7, 11) is 0. The van der Waals surface area contributed by atoms with Gasteiger partial charge in [-0.15, -0.1) is 0 Å². The molecular weight excluding hydrogens is 512 g/mol. The number of hydrogen-bond acceptors (Lipinski definition) is 4. The highest BCUT2D eigenvalue weighted by Gasteiger charge is 2.18. The molecule has 0 unspecified atom stereocenters. The Hall–Kier alpha value is -4.93. The Morgan fingerprint density at radius 2 is 1.59 bits per heavy atom. The van der Waals surface area contributed by atoms with Crippen LogP contribution in [0.3, 0.4) is 0 Å². The van der Waals surface area contributed by atoms with Gasteiger partial charge in [0, 0.05) is 42.2 Å². The molecule has 1 aliphatic heterocycles. The van der Waals surface area contributed by atoms with Gasteiger partial charge in [-0.05, 0) is 97.7 Å². The SMILES string of the molecule is O=C(NCCN1CCCCC1)c1ccc(C#Cc2cc(N(C(=O)O)c3ccccc3)ccc2-c2ccncc2)cc1. The molecule has 7 heteroatoms. The molecule has 206 valence electrons. The van der Waals surface area contributed by atoms with Crippen LogP contribution in [0.4, 0.5) is 16.2 Å². The predicted molar refractivity (Wildman–Crippen MR) is 161 cm³/mol. The Bertz CT molecular complexity index is 1540. The second kappa shape index (κ2) is 13.4. The molecule has 0 saturated carbocycles. The maximum atomic E-state index is 12.6. The molecule has 0 aliphatic carbocycles. The third kappa shape index (κ3) is 7.18. The van der Waals surface area contributed by atoms with Crippen LogP contribution in [0.5, 0.6) is 0 Å². The first-order chi connectivity index (χ1) is 20.1.